The molecule has 0 aliphatic heterocycles. The Morgan fingerprint density at radius 1 is 0.417 bits per heavy atom. The van der Waals surface area contributed by atoms with E-state index in [1.807, 2.05) is 18.3 Å². The molecule has 0 saturated carbocycles. The molecule has 0 aliphatic rings. The topological polar surface area (TPSA) is 29.3 Å². The van der Waals surface area contributed by atoms with Crippen LogP contribution in [0.5, 0.6) is 0 Å². The number of nitrogens with zero attached hydrogens (tertiary/aromatic N) is 2. The highest BCUT2D eigenvalue weighted by Crippen LogP contribution is 2.45. The molecule has 9 rings (SSSR count). The Balaban J connectivity index is 1.30. The minimum atomic E-state index is 0.806. The fourth-order valence-corrected chi connectivity index (χ4v) is 6.78. The highest BCUT2D eigenvalue weighted by molar-refractivity contribution is 6.15. The first-order valence-electron chi connectivity index (χ1n) is 16.2. The van der Waals surface area contributed by atoms with Crippen molar-refractivity contribution in [3.63, 3.8) is 0 Å². The van der Waals surface area contributed by atoms with E-state index < -0.39 is 0 Å². The van der Waals surface area contributed by atoms with E-state index >= 15 is 0 Å². The van der Waals surface area contributed by atoms with Gasteiger partial charge in [0.2, 0.25) is 0 Å². The molecule has 0 N–H and O–H groups in total. The summed E-state index contributed by atoms with van der Waals surface area (Å²) in [5, 5.41) is 4.34. The molecule has 0 spiro atoms. The van der Waals surface area contributed by atoms with Crippen LogP contribution in [0.4, 0.5) is 17.2 Å². The zero-order valence-corrected chi connectivity index (χ0v) is 26.1. The Kier molecular flexibility index (Phi) is 6.80. The van der Waals surface area contributed by atoms with Crippen LogP contribution in [0.25, 0.3) is 66.1 Å². The largest absolute Gasteiger partial charge is 0.456 e. The Hall–Kier alpha value is -6.45. The monoisotopic (exact) mass is 614 g/mol. The van der Waals surface area contributed by atoms with Gasteiger partial charge in [-0.25, -0.2) is 4.98 Å². The van der Waals surface area contributed by atoms with Gasteiger partial charge < -0.3 is 4.42 Å². The van der Waals surface area contributed by atoms with Crippen molar-refractivity contribution in [2.75, 3.05) is 4.90 Å². The lowest BCUT2D eigenvalue weighted by Gasteiger charge is -2.26. The van der Waals surface area contributed by atoms with E-state index in [1.54, 1.807) is 0 Å². The number of pyridine rings is 1. The van der Waals surface area contributed by atoms with E-state index in [4.69, 9.17) is 9.40 Å². The van der Waals surface area contributed by atoms with E-state index in [1.165, 1.54) is 22.1 Å². The van der Waals surface area contributed by atoms with Crippen LogP contribution in [0.3, 0.4) is 0 Å². The fraction of sp³-hybridized carbons (Fsp3) is 0. The molecule has 0 radical (unpaired) electrons. The SMILES string of the molecule is c1ccc(-c2ccc(N(c3ccc(-c4ccccc4)c(-c4ccccc4)c3)c3nccc4oc5cc6ccccc6cc5c34)cc2)cc1. The summed E-state index contributed by atoms with van der Waals surface area (Å²) in [6.07, 6.45) is 1.85. The van der Waals surface area contributed by atoms with Crippen LogP contribution in [0, 0.1) is 0 Å². The third-order valence-corrected chi connectivity index (χ3v) is 9.11. The van der Waals surface area contributed by atoms with Crippen LogP contribution in [0.15, 0.2) is 187 Å². The first-order chi connectivity index (χ1) is 23.8. The highest BCUT2D eigenvalue weighted by atomic mass is 16.3. The van der Waals surface area contributed by atoms with Crippen LogP contribution in [0.2, 0.25) is 0 Å². The third-order valence-electron chi connectivity index (χ3n) is 9.11. The number of aromatic nitrogens is 1. The first-order valence-corrected chi connectivity index (χ1v) is 16.2. The fourth-order valence-electron chi connectivity index (χ4n) is 6.78. The summed E-state index contributed by atoms with van der Waals surface area (Å²) in [4.78, 5) is 7.36. The molecule has 0 amide bonds. The van der Waals surface area contributed by atoms with Crippen molar-refractivity contribution in [3.8, 4) is 33.4 Å². The second kappa shape index (κ2) is 11.7. The zero-order chi connectivity index (χ0) is 31.9. The van der Waals surface area contributed by atoms with Crippen LogP contribution >= 0.6 is 0 Å². The number of hydrogen-bond acceptors (Lipinski definition) is 3. The van der Waals surface area contributed by atoms with Gasteiger partial charge in [0.15, 0.2) is 0 Å². The lowest BCUT2D eigenvalue weighted by molar-refractivity contribution is 0.669. The lowest BCUT2D eigenvalue weighted by Crippen LogP contribution is -2.12. The Bertz CT molecular complexity index is 2540. The minimum absolute atomic E-state index is 0.806. The Morgan fingerprint density at radius 3 is 1.67 bits per heavy atom. The summed E-state index contributed by atoms with van der Waals surface area (Å²) in [7, 11) is 0. The molecule has 2 heterocycles. The minimum Gasteiger partial charge on any atom is -0.456 e. The molecule has 0 atom stereocenters. The van der Waals surface area contributed by atoms with Crippen LogP contribution in [-0.2, 0) is 0 Å². The van der Waals surface area contributed by atoms with E-state index in [0.717, 1.165) is 61.2 Å². The smallest absolute Gasteiger partial charge is 0.149 e. The molecule has 7 aromatic carbocycles. The zero-order valence-electron chi connectivity index (χ0n) is 26.1. The number of fused-ring (bicyclic) bond motifs is 4. The summed E-state index contributed by atoms with van der Waals surface area (Å²) >= 11 is 0. The van der Waals surface area contributed by atoms with Crippen molar-refractivity contribution in [2.24, 2.45) is 0 Å². The summed E-state index contributed by atoms with van der Waals surface area (Å²) in [5.74, 6) is 0.820. The average molecular weight is 615 g/mol. The van der Waals surface area contributed by atoms with E-state index in [9.17, 15) is 0 Å². The molecule has 3 nitrogen and oxygen atoms in total. The Labute approximate surface area is 279 Å². The molecule has 0 aliphatic carbocycles. The van der Waals surface area contributed by atoms with Gasteiger partial charge in [-0.3, -0.25) is 4.90 Å². The standard InChI is InChI=1S/C45H30N2O/c1-4-12-31(13-5-1)32-20-22-37(23-21-32)47(38-24-25-39(33-14-6-2-7-15-33)40(30-38)34-16-8-3-9-17-34)45-44-41-28-35-18-10-11-19-36(35)29-43(41)48-42(44)26-27-46-45/h1-30H. The molecule has 48 heavy (non-hydrogen) atoms. The van der Waals surface area contributed by atoms with Gasteiger partial charge in [0.05, 0.1) is 5.39 Å². The predicted octanol–water partition coefficient (Wildman–Crippen LogP) is 12.6. The van der Waals surface area contributed by atoms with E-state index in [-0.39, 0.29) is 0 Å². The lowest BCUT2D eigenvalue weighted by atomic mass is 9.93. The van der Waals surface area contributed by atoms with E-state index in [2.05, 4.69) is 169 Å². The van der Waals surface area contributed by atoms with Crippen molar-refractivity contribution >= 4 is 49.9 Å². The molecule has 0 bridgehead atoms. The number of furan rings is 1. The maximum Gasteiger partial charge on any atom is 0.149 e. The molecular weight excluding hydrogens is 585 g/mol. The van der Waals surface area contributed by atoms with Gasteiger partial charge in [0, 0.05) is 23.0 Å². The van der Waals surface area contributed by atoms with Crippen LogP contribution < -0.4 is 4.90 Å². The van der Waals surface area contributed by atoms with Crippen molar-refractivity contribution in [1.29, 1.82) is 0 Å². The molecule has 2 aromatic heterocycles. The predicted molar refractivity (Wildman–Crippen MR) is 200 cm³/mol. The van der Waals surface area contributed by atoms with Gasteiger partial charge in [-0.2, -0.15) is 0 Å². The Morgan fingerprint density at radius 2 is 0.979 bits per heavy atom. The van der Waals surface area contributed by atoms with Gasteiger partial charge in [-0.05, 0) is 86.6 Å². The van der Waals surface area contributed by atoms with Crippen molar-refractivity contribution in [1.82, 2.24) is 4.98 Å². The summed E-state index contributed by atoms with van der Waals surface area (Å²) in [6, 6.07) is 61.9. The summed E-state index contributed by atoms with van der Waals surface area (Å²) < 4.78 is 6.50. The third kappa shape index (κ3) is 4.90. The summed E-state index contributed by atoms with van der Waals surface area (Å²) in [5.41, 5.74) is 10.7. The van der Waals surface area contributed by atoms with Crippen LogP contribution in [-0.4, -0.2) is 4.98 Å². The van der Waals surface area contributed by atoms with Crippen molar-refractivity contribution in [3.05, 3.63) is 182 Å². The summed E-state index contributed by atoms with van der Waals surface area (Å²) in [6.45, 7) is 0. The number of hydrogen-bond donors (Lipinski definition) is 0. The number of benzene rings is 7. The molecule has 0 fully saturated rings. The molecular formula is C45H30N2O. The number of anilines is 3. The van der Waals surface area contributed by atoms with Gasteiger partial charge in [-0.1, -0.05) is 133 Å². The quantitative estimate of drug-likeness (QED) is 0.187. The highest BCUT2D eigenvalue weighted by Gasteiger charge is 2.22. The maximum absolute atomic E-state index is 6.50. The van der Waals surface area contributed by atoms with Crippen molar-refractivity contribution in [2.45, 2.75) is 0 Å². The molecule has 9 aromatic rings. The van der Waals surface area contributed by atoms with E-state index in [0.29, 0.717) is 0 Å². The maximum atomic E-state index is 6.50. The number of rotatable bonds is 6. The van der Waals surface area contributed by atoms with Crippen LogP contribution in [0.1, 0.15) is 0 Å². The first kappa shape index (κ1) is 27.8. The van der Waals surface area contributed by atoms with Gasteiger partial charge in [-0.15, -0.1) is 0 Å². The van der Waals surface area contributed by atoms with Gasteiger partial charge in [0.25, 0.3) is 0 Å². The molecule has 0 unspecified atom stereocenters. The van der Waals surface area contributed by atoms with Gasteiger partial charge >= 0.3 is 0 Å². The molecule has 3 heteroatoms. The molecule has 0 saturated heterocycles. The van der Waals surface area contributed by atoms with Crippen molar-refractivity contribution < 1.29 is 4.42 Å². The second-order valence-corrected chi connectivity index (χ2v) is 12.0. The normalized spacial score (nSPS) is 11.3. The average Bonchev–Trinajstić information content (AvgIpc) is 3.53. The van der Waals surface area contributed by atoms with Gasteiger partial charge in [0.1, 0.15) is 17.0 Å². The second-order valence-electron chi connectivity index (χ2n) is 12.0. The molecule has 226 valence electrons.